The van der Waals surface area contributed by atoms with Crippen LogP contribution in [-0.4, -0.2) is 18.2 Å². The Morgan fingerprint density at radius 2 is 2.25 bits per heavy atom. The number of halogens is 1. The summed E-state index contributed by atoms with van der Waals surface area (Å²) in [6.07, 6.45) is 0. The van der Waals surface area contributed by atoms with Crippen LogP contribution in [0.4, 0.5) is 0 Å². The fourth-order valence-corrected chi connectivity index (χ4v) is 2.37. The van der Waals surface area contributed by atoms with Crippen molar-refractivity contribution in [2.24, 2.45) is 0 Å². The summed E-state index contributed by atoms with van der Waals surface area (Å²) in [6.45, 7) is 1.81. The van der Waals surface area contributed by atoms with Crippen LogP contribution in [0.5, 0.6) is 5.75 Å². The van der Waals surface area contributed by atoms with Gasteiger partial charge in [-0.2, -0.15) is 0 Å². The Morgan fingerprint density at radius 3 is 2.58 bits per heavy atom. The Kier molecular flexibility index (Phi) is 2.74. The Bertz CT molecular complexity index is 319. The zero-order valence-corrected chi connectivity index (χ0v) is 8.95. The molecule has 0 radical (unpaired) electrons. The van der Waals surface area contributed by atoms with Crippen molar-refractivity contribution in [3.63, 3.8) is 0 Å². The first-order valence-electron chi connectivity index (χ1n) is 3.14. The molecule has 0 unspecified atom stereocenters. The van der Waals surface area contributed by atoms with Gasteiger partial charge in [-0.15, -0.1) is 11.3 Å². The SMILES string of the molecule is COc1c(C(=O)O)sc(Br)c1C. The second-order valence-electron chi connectivity index (χ2n) is 2.17. The van der Waals surface area contributed by atoms with Crippen LogP contribution >= 0.6 is 27.3 Å². The zero-order chi connectivity index (χ0) is 9.30. The van der Waals surface area contributed by atoms with Crippen molar-refractivity contribution in [3.05, 3.63) is 14.2 Å². The fourth-order valence-electron chi connectivity index (χ4n) is 0.859. The van der Waals surface area contributed by atoms with Crippen LogP contribution < -0.4 is 4.74 Å². The van der Waals surface area contributed by atoms with E-state index in [1.54, 1.807) is 0 Å². The van der Waals surface area contributed by atoms with Crippen LogP contribution in [0.1, 0.15) is 15.2 Å². The van der Waals surface area contributed by atoms with Crippen molar-refractivity contribution in [2.45, 2.75) is 6.92 Å². The largest absolute Gasteiger partial charge is 0.495 e. The summed E-state index contributed by atoms with van der Waals surface area (Å²) in [5.41, 5.74) is 0.833. The van der Waals surface area contributed by atoms with Gasteiger partial charge in [0.15, 0.2) is 4.88 Å². The molecule has 1 N–H and O–H groups in total. The smallest absolute Gasteiger partial charge is 0.349 e. The topological polar surface area (TPSA) is 46.5 Å². The Labute approximate surface area is 82.1 Å². The molecule has 3 nitrogen and oxygen atoms in total. The number of carbonyl (C=O) groups is 1. The number of ether oxygens (including phenoxy) is 1. The number of thiophene rings is 1. The first-order chi connectivity index (χ1) is 5.57. The maximum atomic E-state index is 10.7. The summed E-state index contributed by atoms with van der Waals surface area (Å²) in [6, 6.07) is 0. The van der Waals surface area contributed by atoms with E-state index in [1.165, 1.54) is 18.4 Å². The number of hydrogen-bond donors (Lipinski definition) is 1. The van der Waals surface area contributed by atoms with Gasteiger partial charge in [-0.1, -0.05) is 0 Å². The number of rotatable bonds is 2. The molecular formula is C7H7BrO3S. The standard InChI is InChI=1S/C7H7BrO3S/c1-3-4(11-2)5(7(9)10)12-6(3)8/h1-2H3,(H,9,10). The molecule has 1 aromatic heterocycles. The summed E-state index contributed by atoms with van der Waals surface area (Å²) in [5.74, 6) is -0.509. The van der Waals surface area contributed by atoms with E-state index >= 15 is 0 Å². The van der Waals surface area contributed by atoms with Crippen molar-refractivity contribution in [3.8, 4) is 5.75 Å². The molecular weight excluding hydrogens is 244 g/mol. The van der Waals surface area contributed by atoms with Gasteiger partial charge in [0.2, 0.25) is 0 Å². The van der Waals surface area contributed by atoms with Gasteiger partial charge in [0.05, 0.1) is 10.9 Å². The summed E-state index contributed by atoms with van der Waals surface area (Å²) < 4.78 is 5.76. The molecule has 0 aliphatic rings. The molecule has 1 heterocycles. The average molecular weight is 251 g/mol. The lowest BCUT2D eigenvalue weighted by atomic mass is 10.3. The lowest BCUT2D eigenvalue weighted by Gasteiger charge is -1.98. The van der Waals surface area contributed by atoms with Crippen molar-refractivity contribution in [1.82, 2.24) is 0 Å². The minimum atomic E-state index is -0.953. The van der Waals surface area contributed by atoms with Gasteiger partial charge in [0, 0.05) is 5.56 Å². The molecule has 5 heteroatoms. The van der Waals surface area contributed by atoms with Gasteiger partial charge in [-0.05, 0) is 22.9 Å². The lowest BCUT2D eigenvalue weighted by Crippen LogP contribution is -1.96. The van der Waals surface area contributed by atoms with Crippen molar-refractivity contribution >= 4 is 33.2 Å². The van der Waals surface area contributed by atoms with E-state index in [9.17, 15) is 4.79 Å². The third-order valence-corrected chi connectivity index (χ3v) is 3.56. The van der Waals surface area contributed by atoms with E-state index in [0.29, 0.717) is 5.75 Å². The molecule has 0 spiro atoms. The zero-order valence-electron chi connectivity index (χ0n) is 6.55. The molecule has 12 heavy (non-hydrogen) atoms. The minimum Gasteiger partial charge on any atom is -0.495 e. The first kappa shape index (κ1) is 9.54. The summed E-state index contributed by atoms with van der Waals surface area (Å²) in [5, 5.41) is 8.74. The minimum absolute atomic E-state index is 0.238. The van der Waals surface area contributed by atoms with E-state index in [0.717, 1.165) is 9.35 Å². The van der Waals surface area contributed by atoms with Crippen LogP contribution in [0.25, 0.3) is 0 Å². The van der Waals surface area contributed by atoms with Crippen molar-refractivity contribution < 1.29 is 14.6 Å². The van der Waals surface area contributed by atoms with Gasteiger partial charge in [0.25, 0.3) is 0 Å². The van der Waals surface area contributed by atoms with Crippen LogP contribution in [0.2, 0.25) is 0 Å². The number of methoxy groups -OCH3 is 1. The molecule has 0 saturated heterocycles. The molecule has 0 saturated carbocycles. The lowest BCUT2D eigenvalue weighted by molar-refractivity contribution is 0.0699. The maximum absolute atomic E-state index is 10.7. The van der Waals surface area contributed by atoms with Crippen LogP contribution in [0, 0.1) is 6.92 Å². The average Bonchev–Trinajstić information content (AvgIpc) is 2.29. The molecule has 0 amide bonds. The van der Waals surface area contributed by atoms with Gasteiger partial charge in [-0.3, -0.25) is 0 Å². The van der Waals surface area contributed by atoms with Crippen LogP contribution in [-0.2, 0) is 0 Å². The summed E-state index contributed by atoms with van der Waals surface area (Å²) in [4.78, 5) is 10.9. The van der Waals surface area contributed by atoms with Crippen LogP contribution in [0.15, 0.2) is 3.79 Å². The molecule has 0 aromatic carbocycles. The molecule has 1 rings (SSSR count). The second-order valence-corrected chi connectivity index (χ2v) is 4.51. The normalized spacial score (nSPS) is 9.92. The summed E-state index contributed by atoms with van der Waals surface area (Å²) >= 11 is 4.42. The highest BCUT2D eigenvalue weighted by Gasteiger charge is 2.19. The highest BCUT2D eigenvalue weighted by molar-refractivity contribution is 9.11. The monoisotopic (exact) mass is 250 g/mol. The maximum Gasteiger partial charge on any atom is 0.349 e. The molecule has 0 aliphatic heterocycles. The molecule has 1 aromatic rings. The van der Waals surface area contributed by atoms with Crippen molar-refractivity contribution in [2.75, 3.05) is 7.11 Å². The highest BCUT2D eigenvalue weighted by Crippen LogP contribution is 2.38. The van der Waals surface area contributed by atoms with E-state index in [2.05, 4.69) is 15.9 Å². The number of carboxylic acid groups (broad SMARTS) is 1. The molecule has 0 fully saturated rings. The van der Waals surface area contributed by atoms with Gasteiger partial charge >= 0.3 is 5.97 Å². The Morgan fingerprint density at radius 1 is 1.67 bits per heavy atom. The predicted octanol–water partition coefficient (Wildman–Crippen LogP) is 2.53. The number of carboxylic acids is 1. The fraction of sp³-hybridized carbons (Fsp3) is 0.286. The van der Waals surface area contributed by atoms with E-state index in [1.807, 2.05) is 6.92 Å². The second kappa shape index (κ2) is 3.45. The van der Waals surface area contributed by atoms with E-state index in [-0.39, 0.29) is 4.88 Å². The number of hydrogen-bond acceptors (Lipinski definition) is 3. The molecule has 0 aliphatic carbocycles. The third-order valence-electron chi connectivity index (χ3n) is 1.43. The van der Waals surface area contributed by atoms with Gasteiger partial charge < -0.3 is 9.84 Å². The Balaban J connectivity index is 3.29. The predicted molar refractivity (Wildman–Crippen MR) is 50.3 cm³/mol. The number of aromatic carboxylic acids is 1. The molecule has 66 valence electrons. The Hall–Kier alpha value is -0.550. The van der Waals surface area contributed by atoms with E-state index < -0.39 is 5.97 Å². The quantitative estimate of drug-likeness (QED) is 0.878. The van der Waals surface area contributed by atoms with E-state index in [4.69, 9.17) is 9.84 Å². The highest BCUT2D eigenvalue weighted by atomic mass is 79.9. The third kappa shape index (κ3) is 1.47. The van der Waals surface area contributed by atoms with Gasteiger partial charge in [-0.25, -0.2) is 4.79 Å². The molecule has 0 bridgehead atoms. The van der Waals surface area contributed by atoms with Gasteiger partial charge in [0.1, 0.15) is 5.75 Å². The van der Waals surface area contributed by atoms with Crippen LogP contribution in [0.3, 0.4) is 0 Å². The first-order valence-corrected chi connectivity index (χ1v) is 4.75. The van der Waals surface area contributed by atoms with Crippen molar-refractivity contribution in [1.29, 1.82) is 0 Å². The summed E-state index contributed by atoms with van der Waals surface area (Å²) in [7, 11) is 1.47. The molecule has 0 atom stereocenters.